The van der Waals surface area contributed by atoms with Crippen LogP contribution in [-0.2, 0) is 4.79 Å². The van der Waals surface area contributed by atoms with Crippen molar-refractivity contribution in [2.45, 2.75) is 18.9 Å². The molecule has 6 heteroatoms. The fraction of sp³-hybridized carbons (Fsp3) is 0.450. The van der Waals surface area contributed by atoms with Crippen LogP contribution in [0.2, 0.25) is 0 Å². The molecule has 0 spiro atoms. The van der Waals surface area contributed by atoms with Crippen molar-refractivity contribution in [2.75, 3.05) is 44.2 Å². The molecule has 6 nitrogen and oxygen atoms in total. The van der Waals surface area contributed by atoms with Crippen molar-refractivity contribution in [1.29, 1.82) is 0 Å². The van der Waals surface area contributed by atoms with Gasteiger partial charge in [0.25, 0.3) is 0 Å². The summed E-state index contributed by atoms with van der Waals surface area (Å²) in [5.41, 5.74) is 1.32. The largest absolute Gasteiger partial charge is 0.338 e. The average molecular weight is 351 g/mol. The molecule has 4 rings (SSSR count). The van der Waals surface area contributed by atoms with Gasteiger partial charge in [-0.05, 0) is 31.0 Å². The summed E-state index contributed by atoms with van der Waals surface area (Å²) in [4.78, 5) is 27.9. The molecular formula is C20H25N5O. The summed E-state index contributed by atoms with van der Waals surface area (Å²) in [6.45, 7) is 4.57. The Morgan fingerprint density at radius 3 is 2.42 bits per heavy atom. The number of carbonyl (C=O) groups excluding carboxylic acids is 1. The molecule has 0 bridgehead atoms. The van der Waals surface area contributed by atoms with Crippen LogP contribution in [0.5, 0.6) is 0 Å². The normalized spacial score (nSPS) is 21.2. The fourth-order valence-electron chi connectivity index (χ4n) is 3.95. The lowest BCUT2D eigenvalue weighted by Crippen LogP contribution is -2.51. The number of carbonyl (C=O) groups is 1. The van der Waals surface area contributed by atoms with E-state index >= 15 is 0 Å². The first-order chi connectivity index (χ1) is 12.8. The molecule has 1 aromatic carbocycles. The second-order valence-corrected chi connectivity index (χ2v) is 6.96. The monoisotopic (exact) mass is 351 g/mol. The second-order valence-electron chi connectivity index (χ2n) is 6.96. The number of likely N-dealkylation sites (tertiary alicyclic amines) is 1. The summed E-state index contributed by atoms with van der Waals surface area (Å²) < 4.78 is 0. The van der Waals surface area contributed by atoms with Crippen LogP contribution in [0, 0.1) is 0 Å². The highest BCUT2D eigenvalue weighted by molar-refractivity contribution is 5.78. The van der Waals surface area contributed by atoms with Crippen LogP contribution in [0.4, 0.5) is 5.95 Å². The summed E-state index contributed by atoms with van der Waals surface area (Å²) in [5, 5.41) is 0. The van der Waals surface area contributed by atoms with Gasteiger partial charge in [0.15, 0.2) is 0 Å². The van der Waals surface area contributed by atoms with E-state index in [2.05, 4.69) is 44.0 Å². The summed E-state index contributed by atoms with van der Waals surface area (Å²) in [5.74, 6) is 0.991. The first kappa shape index (κ1) is 17.0. The molecule has 0 aliphatic carbocycles. The van der Waals surface area contributed by atoms with Gasteiger partial charge in [0.1, 0.15) is 0 Å². The van der Waals surface area contributed by atoms with Gasteiger partial charge in [-0.15, -0.1) is 0 Å². The number of amides is 1. The Bertz CT molecular complexity index is 715. The van der Waals surface area contributed by atoms with Gasteiger partial charge in [0, 0.05) is 44.6 Å². The van der Waals surface area contributed by atoms with Gasteiger partial charge in [-0.25, -0.2) is 9.97 Å². The van der Waals surface area contributed by atoms with E-state index in [4.69, 9.17) is 0 Å². The van der Waals surface area contributed by atoms with Crippen molar-refractivity contribution in [3.8, 4) is 0 Å². The number of aromatic nitrogens is 2. The molecule has 1 atom stereocenters. The van der Waals surface area contributed by atoms with Gasteiger partial charge in [-0.1, -0.05) is 30.3 Å². The van der Waals surface area contributed by atoms with Crippen LogP contribution < -0.4 is 4.90 Å². The van der Waals surface area contributed by atoms with E-state index in [0.29, 0.717) is 12.6 Å². The maximum absolute atomic E-state index is 12.8. The Labute approximate surface area is 154 Å². The molecule has 2 aliphatic rings. The molecule has 2 saturated heterocycles. The zero-order valence-corrected chi connectivity index (χ0v) is 15.0. The highest BCUT2D eigenvalue weighted by Crippen LogP contribution is 2.31. The van der Waals surface area contributed by atoms with Crippen LogP contribution >= 0.6 is 0 Å². The zero-order chi connectivity index (χ0) is 17.8. The Kier molecular flexibility index (Phi) is 5.11. The van der Waals surface area contributed by atoms with Gasteiger partial charge < -0.3 is 9.80 Å². The molecule has 0 radical (unpaired) electrons. The van der Waals surface area contributed by atoms with E-state index < -0.39 is 0 Å². The van der Waals surface area contributed by atoms with Crippen LogP contribution in [-0.4, -0.2) is 64.9 Å². The van der Waals surface area contributed by atoms with Crippen molar-refractivity contribution in [1.82, 2.24) is 19.8 Å². The topological polar surface area (TPSA) is 52.6 Å². The molecule has 0 saturated carbocycles. The highest BCUT2D eigenvalue weighted by Gasteiger charge is 2.30. The summed E-state index contributed by atoms with van der Waals surface area (Å²) in [6.07, 6.45) is 5.82. The SMILES string of the molecule is O=C(CN1CCCC1c1ccccc1)N1CCN(c2ncccn2)CC1. The Morgan fingerprint density at radius 2 is 1.69 bits per heavy atom. The van der Waals surface area contributed by atoms with Crippen molar-refractivity contribution in [3.63, 3.8) is 0 Å². The molecule has 3 heterocycles. The van der Waals surface area contributed by atoms with E-state index in [0.717, 1.165) is 51.5 Å². The lowest BCUT2D eigenvalue weighted by Gasteiger charge is -2.36. The third kappa shape index (κ3) is 3.70. The lowest BCUT2D eigenvalue weighted by molar-refractivity contribution is -0.133. The first-order valence-corrected chi connectivity index (χ1v) is 9.40. The van der Waals surface area contributed by atoms with Gasteiger partial charge >= 0.3 is 0 Å². The molecule has 136 valence electrons. The van der Waals surface area contributed by atoms with Crippen molar-refractivity contribution in [2.24, 2.45) is 0 Å². The van der Waals surface area contributed by atoms with Crippen LogP contribution in [0.25, 0.3) is 0 Å². The van der Waals surface area contributed by atoms with Crippen molar-refractivity contribution >= 4 is 11.9 Å². The Balaban J connectivity index is 1.33. The summed E-state index contributed by atoms with van der Waals surface area (Å²) in [7, 11) is 0. The number of anilines is 1. The first-order valence-electron chi connectivity index (χ1n) is 9.40. The maximum atomic E-state index is 12.8. The Morgan fingerprint density at radius 1 is 0.962 bits per heavy atom. The van der Waals surface area contributed by atoms with Crippen LogP contribution in [0.3, 0.4) is 0 Å². The molecule has 2 fully saturated rings. The smallest absolute Gasteiger partial charge is 0.236 e. The third-order valence-electron chi connectivity index (χ3n) is 5.35. The van der Waals surface area contributed by atoms with Gasteiger partial charge in [-0.3, -0.25) is 9.69 Å². The fourth-order valence-corrected chi connectivity index (χ4v) is 3.95. The van der Waals surface area contributed by atoms with Crippen LogP contribution in [0.1, 0.15) is 24.4 Å². The average Bonchev–Trinajstić information content (AvgIpc) is 3.17. The number of nitrogens with zero attached hydrogens (tertiary/aromatic N) is 5. The van der Waals surface area contributed by atoms with E-state index in [1.54, 1.807) is 12.4 Å². The lowest BCUT2D eigenvalue weighted by atomic mass is 10.0. The van der Waals surface area contributed by atoms with E-state index in [1.807, 2.05) is 17.0 Å². The predicted molar refractivity (Wildman–Crippen MR) is 101 cm³/mol. The van der Waals surface area contributed by atoms with Gasteiger partial charge in [0.2, 0.25) is 11.9 Å². The number of hydrogen-bond donors (Lipinski definition) is 0. The molecule has 2 aromatic rings. The number of rotatable bonds is 4. The third-order valence-corrected chi connectivity index (χ3v) is 5.35. The zero-order valence-electron chi connectivity index (χ0n) is 15.0. The minimum Gasteiger partial charge on any atom is -0.338 e. The van der Waals surface area contributed by atoms with E-state index in [9.17, 15) is 4.79 Å². The van der Waals surface area contributed by atoms with E-state index in [-0.39, 0.29) is 5.91 Å². The molecule has 1 amide bonds. The Hall–Kier alpha value is -2.47. The number of benzene rings is 1. The van der Waals surface area contributed by atoms with E-state index in [1.165, 1.54) is 5.56 Å². The molecule has 26 heavy (non-hydrogen) atoms. The van der Waals surface area contributed by atoms with Gasteiger partial charge in [0.05, 0.1) is 6.54 Å². The minimum atomic E-state index is 0.237. The standard InChI is InChI=1S/C20H25N5O/c26-19(16-25-11-4-8-18(25)17-6-2-1-3-7-17)23-12-14-24(15-13-23)20-21-9-5-10-22-20/h1-3,5-7,9-10,18H,4,8,11-16H2. The molecule has 1 aromatic heterocycles. The summed E-state index contributed by atoms with van der Waals surface area (Å²) >= 11 is 0. The molecule has 0 N–H and O–H groups in total. The minimum absolute atomic E-state index is 0.237. The summed E-state index contributed by atoms with van der Waals surface area (Å²) in [6, 6.07) is 12.8. The molecular weight excluding hydrogens is 326 g/mol. The predicted octanol–water partition coefficient (Wildman–Crippen LogP) is 1.96. The number of piperazine rings is 1. The molecule has 2 aliphatic heterocycles. The van der Waals surface area contributed by atoms with Crippen molar-refractivity contribution < 1.29 is 4.79 Å². The highest BCUT2D eigenvalue weighted by atomic mass is 16.2. The number of hydrogen-bond acceptors (Lipinski definition) is 5. The van der Waals surface area contributed by atoms with Gasteiger partial charge in [-0.2, -0.15) is 0 Å². The molecule has 1 unspecified atom stereocenters. The maximum Gasteiger partial charge on any atom is 0.236 e. The van der Waals surface area contributed by atoms with Crippen LogP contribution in [0.15, 0.2) is 48.8 Å². The second kappa shape index (κ2) is 7.83. The quantitative estimate of drug-likeness (QED) is 0.843. The van der Waals surface area contributed by atoms with Crippen molar-refractivity contribution in [3.05, 3.63) is 54.4 Å².